The molecule has 0 unspecified atom stereocenters. The van der Waals surface area contributed by atoms with Gasteiger partial charge in [0.25, 0.3) is 6.20 Å². The quantitative estimate of drug-likeness (QED) is 0.474. The van der Waals surface area contributed by atoms with Crippen LogP contribution in [0, 0.1) is 17.0 Å². The van der Waals surface area contributed by atoms with Crippen LogP contribution < -0.4 is 10.6 Å². The number of aryl methyl sites for hydroxylation is 1. The Balaban J connectivity index is 1.79. The van der Waals surface area contributed by atoms with E-state index in [1.165, 1.54) is 4.90 Å². The van der Waals surface area contributed by atoms with Gasteiger partial charge in [-0.1, -0.05) is 0 Å². The van der Waals surface area contributed by atoms with Gasteiger partial charge in [-0.15, -0.1) is 0 Å². The minimum Gasteiger partial charge on any atom is -0.480 e. The number of nitrogens with one attached hydrogen (secondary N) is 2. The summed E-state index contributed by atoms with van der Waals surface area (Å²) < 4.78 is 5.52. The zero-order valence-electron chi connectivity index (χ0n) is 15.9. The van der Waals surface area contributed by atoms with Gasteiger partial charge >= 0.3 is 5.97 Å². The summed E-state index contributed by atoms with van der Waals surface area (Å²) in [6.45, 7) is 1.78. The Morgan fingerprint density at radius 3 is 2.93 bits per heavy atom. The normalized spacial score (nSPS) is 17.8. The number of fused-ring (bicyclic) bond motifs is 1. The molecule has 0 aliphatic carbocycles. The number of carboxylic acids is 1. The van der Waals surface area contributed by atoms with Crippen molar-refractivity contribution >= 4 is 28.5 Å². The lowest BCUT2D eigenvalue weighted by molar-refractivity contribution is -0.403. The maximum Gasteiger partial charge on any atom is 0.323 e. The van der Waals surface area contributed by atoms with Crippen LogP contribution in [0.2, 0.25) is 0 Å². The molecular weight excluding hydrogens is 380 g/mol. The number of carboxylic acid groups (broad SMARTS) is 1. The zero-order valence-corrected chi connectivity index (χ0v) is 15.9. The van der Waals surface area contributed by atoms with Crippen LogP contribution in [0.15, 0.2) is 40.7 Å². The number of benzene rings is 1. The predicted molar refractivity (Wildman–Crippen MR) is 105 cm³/mol. The first-order valence-corrected chi connectivity index (χ1v) is 9.21. The minimum atomic E-state index is -1.10. The van der Waals surface area contributed by atoms with Crippen LogP contribution in [-0.4, -0.2) is 45.9 Å². The molecule has 1 aliphatic rings. The van der Waals surface area contributed by atoms with Gasteiger partial charge in [-0.25, -0.2) is 0 Å². The number of nitrogens with zero attached hydrogens (tertiary/aromatic N) is 2. The molecule has 1 amide bonds. The van der Waals surface area contributed by atoms with Gasteiger partial charge in [-0.05, 0) is 50.5 Å². The fourth-order valence-corrected chi connectivity index (χ4v) is 3.37. The standard InChI is InChI=1S/C19H22N4O6/c1-12-8-13-9-14(5-6-16(13)29-12)20-17(10-23(27)28)21-15-4-2-3-7-22(19(15)26)11-18(24)25/h5-6,8-10,15,20-21H,2-4,7,11H2,1H3,(H,24,25)/t15-/m0/s1. The van der Waals surface area contributed by atoms with Crippen molar-refractivity contribution in [3.8, 4) is 0 Å². The summed E-state index contributed by atoms with van der Waals surface area (Å²) in [5, 5.41) is 26.7. The van der Waals surface area contributed by atoms with Crippen molar-refractivity contribution in [3.63, 3.8) is 0 Å². The molecule has 0 spiro atoms. The summed E-state index contributed by atoms with van der Waals surface area (Å²) in [5.74, 6) is -0.687. The molecule has 3 rings (SSSR count). The van der Waals surface area contributed by atoms with E-state index in [0.29, 0.717) is 37.1 Å². The van der Waals surface area contributed by atoms with E-state index < -0.39 is 23.5 Å². The lowest BCUT2D eigenvalue weighted by atomic mass is 10.1. The Morgan fingerprint density at radius 1 is 1.41 bits per heavy atom. The first-order chi connectivity index (χ1) is 13.8. The Morgan fingerprint density at radius 2 is 2.21 bits per heavy atom. The summed E-state index contributed by atoms with van der Waals surface area (Å²) >= 11 is 0. The third-order valence-electron chi connectivity index (χ3n) is 4.59. The Hall–Kier alpha value is -3.56. The van der Waals surface area contributed by atoms with Crippen LogP contribution in [0.1, 0.15) is 25.0 Å². The summed E-state index contributed by atoms with van der Waals surface area (Å²) in [7, 11) is 0. The van der Waals surface area contributed by atoms with E-state index in [2.05, 4.69) is 10.6 Å². The lowest BCUT2D eigenvalue weighted by Crippen LogP contribution is -2.47. The first kappa shape index (κ1) is 20.2. The second-order valence-electron chi connectivity index (χ2n) is 6.91. The summed E-state index contributed by atoms with van der Waals surface area (Å²) in [4.78, 5) is 35.4. The van der Waals surface area contributed by atoms with Crippen molar-refractivity contribution in [2.75, 3.05) is 18.4 Å². The number of furan rings is 1. The number of carbonyl (C=O) groups excluding carboxylic acids is 1. The number of carbonyl (C=O) groups is 2. The Kier molecular flexibility index (Phi) is 6.01. The maximum atomic E-state index is 12.7. The first-order valence-electron chi connectivity index (χ1n) is 9.21. The molecule has 2 aromatic rings. The van der Waals surface area contributed by atoms with Crippen LogP contribution in [0.4, 0.5) is 5.69 Å². The number of anilines is 1. The van der Waals surface area contributed by atoms with Crippen LogP contribution in [0.5, 0.6) is 0 Å². The minimum absolute atomic E-state index is 0.0464. The van der Waals surface area contributed by atoms with E-state index in [0.717, 1.165) is 17.3 Å². The highest BCUT2D eigenvalue weighted by molar-refractivity contribution is 5.86. The number of likely N-dealkylation sites (tertiary alicyclic amines) is 1. The van der Waals surface area contributed by atoms with Crippen molar-refractivity contribution in [1.29, 1.82) is 0 Å². The molecule has 1 aromatic carbocycles. The smallest absolute Gasteiger partial charge is 0.323 e. The predicted octanol–water partition coefficient (Wildman–Crippen LogP) is 2.28. The number of amides is 1. The van der Waals surface area contributed by atoms with Gasteiger partial charge in [0.05, 0.1) is 4.92 Å². The summed E-state index contributed by atoms with van der Waals surface area (Å²) in [6, 6.07) is 6.35. The molecule has 0 saturated carbocycles. The third-order valence-corrected chi connectivity index (χ3v) is 4.59. The number of aliphatic carboxylic acids is 1. The second kappa shape index (κ2) is 8.63. The zero-order chi connectivity index (χ0) is 21.0. The topological polar surface area (TPSA) is 138 Å². The molecule has 1 aromatic heterocycles. The number of nitro groups is 1. The second-order valence-corrected chi connectivity index (χ2v) is 6.91. The van der Waals surface area contributed by atoms with Gasteiger partial charge in [0.15, 0.2) is 5.82 Å². The highest BCUT2D eigenvalue weighted by atomic mass is 16.6. The molecule has 154 valence electrons. The van der Waals surface area contributed by atoms with Crippen LogP contribution in [0.25, 0.3) is 11.0 Å². The van der Waals surface area contributed by atoms with Gasteiger partial charge in [-0.3, -0.25) is 19.7 Å². The molecule has 1 saturated heterocycles. The van der Waals surface area contributed by atoms with Gasteiger partial charge in [0.1, 0.15) is 23.9 Å². The van der Waals surface area contributed by atoms with Crippen molar-refractivity contribution in [3.05, 3.63) is 52.2 Å². The lowest BCUT2D eigenvalue weighted by Gasteiger charge is -2.24. The largest absolute Gasteiger partial charge is 0.480 e. The van der Waals surface area contributed by atoms with Crippen molar-refractivity contribution in [2.24, 2.45) is 0 Å². The highest BCUT2D eigenvalue weighted by Gasteiger charge is 2.29. The highest BCUT2D eigenvalue weighted by Crippen LogP contribution is 2.23. The number of rotatable bonds is 7. The fourth-order valence-electron chi connectivity index (χ4n) is 3.37. The number of hydrogen-bond acceptors (Lipinski definition) is 7. The Bertz CT molecular complexity index is 967. The Labute approximate surface area is 166 Å². The number of hydrogen-bond donors (Lipinski definition) is 3. The van der Waals surface area contributed by atoms with Gasteiger partial charge in [0.2, 0.25) is 5.91 Å². The van der Waals surface area contributed by atoms with Crippen LogP contribution in [0.3, 0.4) is 0 Å². The average Bonchev–Trinajstić information content (AvgIpc) is 2.92. The molecule has 10 heteroatoms. The molecule has 10 nitrogen and oxygen atoms in total. The van der Waals surface area contributed by atoms with E-state index in [1.807, 2.05) is 13.0 Å². The van der Waals surface area contributed by atoms with E-state index in [-0.39, 0.29) is 11.7 Å². The maximum absolute atomic E-state index is 12.7. The van der Waals surface area contributed by atoms with E-state index >= 15 is 0 Å². The van der Waals surface area contributed by atoms with Gasteiger partial charge in [-0.2, -0.15) is 0 Å². The summed E-state index contributed by atoms with van der Waals surface area (Å²) in [5.41, 5.74) is 1.28. The molecule has 3 N–H and O–H groups in total. The van der Waals surface area contributed by atoms with Crippen LogP contribution >= 0.6 is 0 Å². The van der Waals surface area contributed by atoms with Crippen LogP contribution in [-0.2, 0) is 9.59 Å². The molecular formula is C19H22N4O6. The monoisotopic (exact) mass is 402 g/mol. The molecule has 0 bridgehead atoms. The fraction of sp³-hybridized carbons (Fsp3) is 0.368. The van der Waals surface area contributed by atoms with Gasteiger partial charge < -0.3 is 25.1 Å². The molecule has 0 radical (unpaired) electrons. The van der Waals surface area contributed by atoms with Crippen molar-refractivity contribution in [2.45, 2.75) is 32.2 Å². The van der Waals surface area contributed by atoms with Gasteiger partial charge in [0, 0.05) is 17.6 Å². The summed E-state index contributed by atoms with van der Waals surface area (Å²) in [6.07, 6.45) is 2.58. The van der Waals surface area contributed by atoms with E-state index in [1.54, 1.807) is 18.2 Å². The van der Waals surface area contributed by atoms with Crippen molar-refractivity contribution < 1.29 is 24.0 Å². The molecule has 1 fully saturated rings. The molecule has 1 aliphatic heterocycles. The molecule has 29 heavy (non-hydrogen) atoms. The van der Waals surface area contributed by atoms with E-state index in [4.69, 9.17) is 9.52 Å². The SMILES string of the molecule is Cc1cc2cc(NC(=C[N+](=O)[O-])N[C@H]3CCCCN(CC(=O)O)C3=O)ccc2o1. The molecule has 2 heterocycles. The van der Waals surface area contributed by atoms with Crippen molar-refractivity contribution in [1.82, 2.24) is 10.2 Å². The molecule has 1 atom stereocenters. The average molecular weight is 402 g/mol. The third kappa shape index (κ3) is 5.24. The van der Waals surface area contributed by atoms with E-state index in [9.17, 15) is 19.7 Å².